The van der Waals surface area contributed by atoms with Gasteiger partial charge in [-0.25, -0.2) is 0 Å². The maximum atomic E-state index is 11.2. The van der Waals surface area contributed by atoms with Crippen molar-refractivity contribution >= 4 is 17.7 Å². The van der Waals surface area contributed by atoms with Crippen molar-refractivity contribution < 1.29 is 23.7 Å². The Morgan fingerprint density at radius 2 is 1.38 bits per heavy atom. The van der Waals surface area contributed by atoms with Crippen molar-refractivity contribution in [2.75, 3.05) is 57.8 Å². The van der Waals surface area contributed by atoms with E-state index in [1.165, 1.54) is 11.8 Å². The first-order valence-corrected chi connectivity index (χ1v) is 6.51. The van der Waals surface area contributed by atoms with Gasteiger partial charge < -0.3 is 18.9 Å². The standard InChI is InChI=1S/C10H18O5S/c11-10-9-16-8-7-14-4-3-12-1-2-13-5-6-15-10/h1-9H2. The van der Waals surface area contributed by atoms with Gasteiger partial charge in [-0.3, -0.25) is 4.79 Å². The SMILES string of the molecule is O=C1CSCCOCCOCCOCCO1. The number of rotatable bonds is 0. The van der Waals surface area contributed by atoms with Crippen LogP contribution in [-0.4, -0.2) is 63.7 Å². The Morgan fingerprint density at radius 3 is 2.06 bits per heavy atom. The summed E-state index contributed by atoms with van der Waals surface area (Å²) in [4.78, 5) is 11.2. The molecule has 1 aliphatic rings. The van der Waals surface area contributed by atoms with Crippen LogP contribution in [0.1, 0.15) is 0 Å². The van der Waals surface area contributed by atoms with E-state index < -0.39 is 0 Å². The van der Waals surface area contributed by atoms with E-state index in [4.69, 9.17) is 18.9 Å². The molecule has 94 valence electrons. The minimum atomic E-state index is -0.195. The predicted octanol–water partition coefficient (Wildman–Crippen LogP) is 0.326. The molecule has 1 aliphatic heterocycles. The third-order valence-electron chi connectivity index (χ3n) is 1.83. The van der Waals surface area contributed by atoms with Crippen molar-refractivity contribution in [2.45, 2.75) is 0 Å². The topological polar surface area (TPSA) is 54.0 Å². The summed E-state index contributed by atoms with van der Waals surface area (Å²) in [6, 6.07) is 0. The van der Waals surface area contributed by atoms with Gasteiger partial charge in [0.25, 0.3) is 0 Å². The number of carbonyl (C=O) groups excluding carboxylic acids is 1. The molecular weight excluding hydrogens is 232 g/mol. The summed E-state index contributed by atoms with van der Waals surface area (Å²) in [7, 11) is 0. The van der Waals surface area contributed by atoms with Crippen molar-refractivity contribution in [2.24, 2.45) is 0 Å². The Hall–Kier alpha value is -0.300. The highest BCUT2D eigenvalue weighted by Crippen LogP contribution is 2.00. The molecule has 0 atom stereocenters. The van der Waals surface area contributed by atoms with E-state index in [0.29, 0.717) is 52.0 Å². The van der Waals surface area contributed by atoms with Crippen LogP contribution < -0.4 is 0 Å². The molecule has 6 heteroatoms. The minimum Gasteiger partial charge on any atom is -0.463 e. The second kappa shape index (κ2) is 9.89. The van der Waals surface area contributed by atoms with Crippen LogP contribution in [0.5, 0.6) is 0 Å². The van der Waals surface area contributed by atoms with E-state index >= 15 is 0 Å². The quantitative estimate of drug-likeness (QED) is 0.577. The van der Waals surface area contributed by atoms with Crippen LogP contribution in [0, 0.1) is 0 Å². The van der Waals surface area contributed by atoms with E-state index in [1.54, 1.807) is 0 Å². The van der Waals surface area contributed by atoms with Crippen molar-refractivity contribution in [3.05, 3.63) is 0 Å². The van der Waals surface area contributed by atoms with Crippen molar-refractivity contribution in [3.8, 4) is 0 Å². The van der Waals surface area contributed by atoms with Crippen LogP contribution in [-0.2, 0) is 23.7 Å². The van der Waals surface area contributed by atoms with Gasteiger partial charge >= 0.3 is 5.97 Å². The highest BCUT2D eigenvalue weighted by Gasteiger charge is 2.03. The zero-order valence-corrected chi connectivity index (χ0v) is 10.1. The summed E-state index contributed by atoms with van der Waals surface area (Å²) >= 11 is 1.51. The molecule has 0 spiro atoms. The summed E-state index contributed by atoms with van der Waals surface area (Å²) in [5.41, 5.74) is 0. The Bertz CT molecular complexity index is 170. The lowest BCUT2D eigenvalue weighted by Gasteiger charge is -2.05. The van der Waals surface area contributed by atoms with Gasteiger partial charge in [0.2, 0.25) is 0 Å². The molecule has 0 bridgehead atoms. The normalized spacial score (nSPS) is 22.9. The molecule has 0 aromatic rings. The van der Waals surface area contributed by atoms with Gasteiger partial charge in [-0.15, -0.1) is 11.8 Å². The summed E-state index contributed by atoms with van der Waals surface area (Å²) in [6.45, 7) is 3.62. The number of hydrogen-bond acceptors (Lipinski definition) is 6. The van der Waals surface area contributed by atoms with Crippen LogP contribution in [0.25, 0.3) is 0 Å². The summed E-state index contributed by atoms with van der Waals surface area (Å²) in [5, 5.41) is 0. The second-order valence-electron chi connectivity index (χ2n) is 3.11. The van der Waals surface area contributed by atoms with Gasteiger partial charge in [0.1, 0.15) is 6.61 Å². The summed E-state index contributed by atoms with van der Waals surface area (Å²) in [5.74, 6) is 0.977. The molecule has 0 amide bonds. The second-order valence-corrected chi connectivity index (χ2v) is 4.22. The first kappa shape index (κ1) is 13.8. The number of ether oxygens (including phenoxy) is 4. The predicted molar refractivity (Wildman–Crippen MR) is 60.7 cm³/mol. The molecule has 0 aliphatic carbocycles. The maximum absolute atomic E-state index is 11.2. The van der Waals surface area contributed by atoms with Gasteiger partial charge in [0, 0.05) is 5.75 Å². The smallest absolute Gasteiger partial charge is 0.315 e. The van der Waals surface area contributed by atoms with E-state index in [9.17, 15) is 4.79 Å². The monoisotopic (exact) mass is 250 g/mol. The van der Waals surface area contributed by atoms with Crippen molar-refractivity contribution in [1.82, 2.24) is 0 Å². The molecule has 1 fully saturated rings. The molecular formula is C10H18O5S. The highest BCUT2D eigenvalue weighted by molar-refractivity contribution is 7.99. The summed E-state index contributed by atoms with van der Waals surface area (Å²) < 4.78 is 20.7. The first-order chi connectivity index (χ1) is 7.89. The van der Waals surface area contributed by atoms with Crippen LogP contribution in [0.4, 0.5) is 0 Å². The van der Waals surface area contributed by atoms with Crippen LogP contribution in [0.15, 0.2) is 0 Å². The lowest BCUT2D eigenvalue weighted by Crippen LogP contribution is -2.14. The molecule has 0 aromatic carbocycles. The first-order valence-electron chi connectivity index (χ1n) is 5.36. The fourth-order valence-corrected chi connectivity index (χ4v) is 1.70. The zero-order chi connectivity index (χ0) is 11.5. The number of cyclic esters (lactones) is 1. The number of carbonyl (C=O) groups is 1. The lowest BCUT2D eigenvalue weighted by molar-refractivity contribution is -0.142. The van der Waals surface area contributed by atoms with Crippen LogP contribution in [0.3, 0.4) is 0 Å². The molecule has 5 nitrogen and oxygen atoms in total. The Kier molecular flexibility index (Phi) is 8.51. The molecule has 0 radical (unpaired) electrons. The van der Waals surface area contributed by atoms with E-state index in [1.807, 2.05) is 0 Å². The average molecular weight is 250 g/mol. The maximum Gasteiger partial charge on any atom is 0.315 e. The molecule has 16 heavy (non-hydrogen) atoms. The van der Waals surface area contributed by atoms with Gasteiger partial charge in [0.15, 0.2) is 0 Å². The Labute approximate surface area is 99.8 Å². The zero-order valence-electron chi connectivity index (χ0n) is 9.31. The lowest BCUT2D eigenvalue weighted by atomic mass is 10.7. The fraction of sp³-hybridized carbons (Fsp3) is 0.900. The van der Waals surface area contributed by atoms with Gasteiger partial charge in [-0.1, -0.05) is 0 Å². The third-order valence-corrected chi connectivity index (χ3v) is 2.72. The molecule has 1 rings (SSSR count). The molecule has 1 saturated heterocycles. The Morgan fingerprint density at radius 1 is 0.812 bits per heavy atom. The average Bonchev–Trinajstić information content (AvgIpc) is 2.29. The third kappa shape index (κ3) is 7.92. The number of hydrogen-bond donors (Lipinski definition) is 0. The van der Waals surface area contributed by atoms with Gasteiger partial charge in [-0.2, -0.15) is 0 Å². The van der Waals surface area contributed by atoms with E-state index in [-0.39, 0.29) is 5.97 Å². The van der Waals surface area contributed by atoms with E-state index in [0.717, 1.165) is 5.75 Å². The number of esters is 1. The van der Waals surface area contributed by atoms with Gasteiger partial charge in [0.05, 0.1) is 45.4 Å². The molecule has 0 N–H and O–H groups in total. The van der Waals surface area contributed by atoms with Crippen molar-refractivity contribution in [1.29, 1.82) is 0 Å². The fourth-order valence-electron chi connectivity index (χ4n) is 1.07. The summed E-state index contributed by atoms with van der Waals surface area (Å²) in [6.07, 6.45) is 0. The van der Waals surface area contributed by atoms with E-state index in [2.05, 4.69) is 0 Å². The minimum absolute atomic E-state index is 0.195. The number of thioether (sulfide) groups is 1. The van der Waals surface area contributed by atoms with Crippen LogP contribution >= 0.6 is 11.8 Å². The Balaban J connectivity index is 2.13. The van der Waals surface area contributed by atoms with Crippen molar-refractivity contribution in [3.63, 3.8) is 0 Å². The van der Waals surface area contributed by atoms with Gasteiger partial charge in [-0.05, 0) is 0 Å². The van der Waals surface area contributed by atoms with Crippen LogP contribution in [0.2, 0.25) is 0 Å². The largest absolute Gasteiger partial charge is 0.463 e. The molecule has 0 unspecified atom stereocenters. The highest BCUT2D eigenvalue weighted by atomic mass is 32.2. The molecule has 0 saturated carbocycles. The molecule has 1 heterocycles. The molecule has 0 aromatic heterocycles.